The molecule has 148 valence electrons. The number of anilines is 1. The Morgan fingerprint density at radius 2 is 2.00 bits per heavy atom. The molecule has 0 atom stereocenters. The average molecular weight is 409 g/mol. The molecule has 0 fully saturated rings. The summed E-state index contributed by atoms with van der Waals surface area (Å²) >= 11 is 6.33. The third-order valence-electron chi connectivity index (χ3n) is 4.96. The van der Waals surface area contributed by atoms with E-state index >= 15 is 0 Å². The molecule has 4 rings (SSSR count). The number of hydrogen-bond acceptors (Lipinski definition) is 6. The molecule has 2 aliphatic heterocycles. The Morgan fingerprint density at radius 3 is 2.79 bits per heavy atom. The Balaban J connectivity index is 1.64. The fourth-order valence-electron chi connectivity index (χ4n) is 3.51. The van der Waals surface area contributed by atoms with Crippen molar-refractivity contribution in [3.05, 3.63) is 64.7 Å². The number of carbonyl (C=O) groups is 1. The van der Waals surface area contributed by atoms with Crippen molar-refractivity contribution in [3.63, 3.8) is 0 Å². The minimum Gasteiger partial charge on any atom is -0.469 e. The number of methoxy groups -OCH3 is 1. The van der Waals surface area contributed by atoms with Crippen LogP contribution in [0.3, 0.4) is 0 Å². The second kappa shape index (κ2) is 8.57. The largest absolute Gasteiger partial charge is 0.469 e. The van der Waals surface area contributed by atoms with Gasteiger partial charge in [-0.1, -0.05) is 41.9 Å². The predicted octanol–water partition coefficient (Wildman–Crippen LogP) is 4.11. The van der Waals surface area contributed by atoms with E-state index in [9.17, 15) is 4.79 Å². The molecule has 0 saturated heterocycles. The van der Waals surface area contributed by atoms with Gasteiger partial charge in [-0.15, -0.1) is 5.10 Å². The number of benzene rings is 2. The van der Waals surface area contributed by atoms with Crippen LogP contribution in [0.15, 0.2) is 63.7 Å². The molecule has 0 saturated carbocycles. The first-order valence-corrected chi connectivity index (χ1v) is 9.90. The number of aliphatic imine (C=N–C) groups is 1. The highest BCUT2D eigenvalue weighted by atomic mass is 35.5. The van der Waals surface area contributed by atoms with Gasteiger partial charge in [-0.3, -0.25) is 9.79 Å². The molecule has 0 radical (unpaired) electrons. The molecule has 0 aliphatic carbocycles. The van der Waals surface area contributed by atoms with E-state index in [1.165, 1.54) is 7.11 Å². The lowest BCUT2D eigenvalue weighted by atomic mass is 10.00. The van der Waals surface area contributed by atoms with Gasteiger partial charge in [-0.2, -0.15) is 5.10 Å². The SMILES string of the molecule is COC(=O)CCCC1=NN=C2CN=C(c3ccccc3)c3cc(Cl)ccc3N2C1. The van der Waals surface area contributed by atoms with Crippen LogP contribution in [0.2, 0.25) is 5.02 Å². The second-order valence-electron chi connectivity index (χ2n) is 6.89. The average Bonchev–Trinajstić information content (AvgIpc) is 2.90. The van der Waals surface area contributed by atoms with Gasteiger partial charge in [0.1, 0.15) is 0 Å². The lowest BCUT2D eigenvalue weighted by Crippen LogP contribution is -2.39. The first kappa shape index (κ1) is 19.3. The third-order valence-corrected chi connectivity index (χ3v) is 5.20. The molecular weight excluding hydrogens is 388 g/mol. The number of amidine groups is 1. The maximum atomic E-state index is 11.4. The molecule has 0 amide bonds. The maximum Gasteiger partial charge on any atom is 0.305 e. The molecule has 2 aromatic carbocycles. The topological polar surface area (TPSA) is 66.6 Å². The number of esters is 1. The summed E-state index contributed by atoms with van der Waals surface area (Å²) in [4.78, 5) is 18.3. The first-order valence-electron chi connectivity index (χ1n) is 9.52. The predicted molar refractivity (Wildman–Crippen MR) is 116 cm³/mol. The van der Waals surface area contributed by atoms with Gasteiger partial charge in [0.15, 0.2) is 5.84 Å². The van der Waals surface area contributed by atoms with Gasteiger partial charge in [0.25, 0.3) is 0 Å². The van der Waals surface area contributed by atoms with Crippen molar-refractivity contribution in [2.75, 3.05) is 25.1 Å². The molecule has 2 heterocycles. The normalized spacial score (nSPS) is 15.4. The van der Waals surface area contributed by atoms with Crippen molar-refractivity contribution in [2.45, 2.75) is 19.3 Å². The van der Waals surface area contributed by atoms with Gasteiger partial charge in [-0.05, 0) is 31.0 Å². The van der Waals surface area contributed by atoms with Crippen LogP contribution < -0.4 is 4.90 Å². The zero-order valence-electron chi connectivity index (χ0n) is 16.1. The molecule has 0 bridgehead atoms. The number of fused-ring (bicyclic) bond motifs is 3. The molecule has 0 spiro atoms. The second-order valence-corrected chi connectivity index (χ2v) is 7.33. The fraction of sp³-hybridized carbons (Fsp3) is 0.273. The lowest BCUT2D eigenvalue weighted by molar-refractivity contribution is -0.140. The quantitative estimate of drug-likeness (QED) is 0.699. The summed E-state index contributed by atoms with van der Waals surface area (Å²) in [6.07, 6.45) is 1.75. The highest BCUT2D eigenvalue weighted by molar-refractivity contribution is 6.32. The van der Waals surface area contributed by atoms with E-state index in [0.29, 0.717) is 37.4 Å². The number of halogens is 1. The molecule has 0 aromatic heterocycles. The van der Waals surface area contributed by atoms with Crippen molar-refractivity contribution in [2.24, 2.45) is 15.2 Å². The van der Waals surface area contributed by atoms with Gasteiger partial charge < -0.3 is 9.64 Å². The van der Waals surface area contributed by atoms with Crippen molar-refractivity contribution in [3.8, 4) is 0 Å². The summed E-state index contributed by atoms with van der Waals surface area (Å²) in [5, 5.41) is 9.48. The Hall–Kier alpha value is -2.99. The maximum absolute atomic E-state index is 11.4. The number of nitrogens with zero attached hydrogens (tertiary/aromatic N) is 4. The van der Waals surface area contributed by atoms with E-state index in [4.69, 9.17) is 21.3 Å². The molecule has 0 unspecified atom stereocenters. The van der Waals surface area contributed by atoms with Crippen LogP contribution in [0.5, 0.6) is 0 Å². The zero-order valence-corrected chi connectivity index (χ0v) is 16.9. The summed E-state index contributed by atoms with van der Waals surface area (Å²) in [7, 11) is 1.40. The highest BCUT2D eigenvalue weighted by Crippen LogP contribution is 2.31. The molecular formula is C22H21ClN4O2. The first-order chi connectivity index (χ1) is 14.2. The number of hydrogen-bond donors (Lipinski definition) is 0. The number of carbonyl (C=O) groups excluding carboxylic acids is 1. The molecule has 2 aromatic rings. The monoisotopic (exact) mass is 408 g/mol. The highest BCUT2D eigenvalue weighted by Gasteiger charge is 2.27. The van der Waals surface area contributed by atoms with Gasteiger partial charge in [0.2, 0.25) is 0 Å². The molecule has 2 aliphatic rings. The molecule has 29 heavy (non-hydrogen) atoms. The van der Waals surface area contributed by atoms with E-state index in [1.54, 1.807) is 0 Å². The number of rotatable bonds is 5. The Morgan fingerprint density at radius 1 is 1.17 bits per heavy atom. The zero-order chi connectivity index (χ0) is 20.2. The van der Waals surface area contributed by atoms with E-state index in [0.717, 1.165) is 34.1 Å². The lowest BCUT2D eigenvalue weighted by Gasteiger charge is -2.28. The van der Waals surface area contributed by atoms with Gasteiger partial charge in [0, 0.05) is 22.6 Å². The smallest absolute Gasteiger partial charge is 0.305 e. The summed E-state index contributed by atoms with van der Waals surface area (Å²) in [5.41, 5.74) is 4.85. The molecule has 7 heteroatoms. The van der Waals surface area contributed by atoms with Gasteiger partial charge >= 0.3 is 5.97 Å². The van der Waals surface area contributed by atoms with Crippen molar-refractivity contribution in [1.29, 1.82) is 0 Å². The van der Waals surface area contributed by atoms with E-state index in [2.05, 4.69) is 15.1 Å². The van der Waals surface area contributed by atoms with Crippen LogP contribution in [0.4, 0.5) is 5.69 Å². The van der Waals surface area contributed by atoms with Crippen molar-refractivity contribution in [1.82, 2.24) is 0 Å². The summed E-state index contributed by atoms with van der Waals surface area (Å²) < 4.78 is 4.71. The fourth-order valence-corrected chi connectivity index (χ4v) is 3.68. The number of ether oxygens (including phenoxy) is 1. The van der Waals surface area contributed by atoms with Crippen LogP contribution in [-0.4, -0.2) is 43.4 Å². The van der Waals surface area contributed by atoms with Crippen LogP contribution in [0, 0.1) is 0 Å². The summed E-state index contributed by atoms with van der Waals surface area (Å²) in [6.45, 7) is 1.06. The Labute approximate surface area is 174 Å². The van der Waals surface area contributed by atoms with E-state index < -0.39 is 0 Å². The third kappa shape index (κ3) is 4.22. The van der Waals surface area contributed by atoms with Crippen LogP contribution in [-0.2, 0) is 9.53 Å². The van der Waals surface area contributed by atoms with Crippen LogP contribution in [0.25, 0.3) is 0 Å². The van der Waals surface area contributed by atoms with E-state index in [1.807, 2.05) is 48.5 Å². The van der Waals surface area contributed by atoms with Crippen molar-refractivity contribution >= 4 is 40.5 Å². The Kier molecular flexibility index (Phi) is 5.71. The van der Waals surface area contributed by atoms with Gasteiger partial charge in [0.05, 0.1) is 37.3 Å². The minimum absolute atomic E-state index is 0.207. The molecule has 6 nitrogen and oxygen atoms in total. The Bertz CT molecular complexity index is 1010. The van der Waals surface area contributed by atoms with Crippen LogP contribution in [0.1, 0.15) is 30.4 Å². The summed E-state index contributed by atoms with van der Waals surface area (Å²) in [5.74, 6) is 0.595. The van der Waals surface area contributed by atoms with E-state index in [-0.39, 0.29) is 5.97 Å². The molecule has 0 N–H and O–H groups in total. The van der Waals surface area contributed by atoms with Gasteiger partial charge in [-0.25, -0.2) is 0 Å². The summed E-state index contributed by atoms with van der Waals surface area (Å²) in [6, 6.07) is 15.9. The minimum atomic E-state index is -0.207. The van der Waals surface area contributed by atoms with Crippen LogP contribution >= 0.6 is 11.6 Å². The standard InChI is InChI=1S/C22H21ClN4O2/c1-29-21(28)9-5-8-17-14-27-19-11-10-16(23)12-18(19)22(15-6-3-2-4-7-15)24-13-20(27)26-25-17/h2-4,6-7,10-12H,5,8-9,13-14H2,1H3. The van der Waals surface area contributed by atoms with Crippen molar-refractivity contribution < 1.29 is 9.53 Å².